The lowest BCUT2D eigenvalue weighted by molar-refractivity contribution is -0.120. The van der Waals surface area contributed by atoms with Gasteiger partial charge in [0, 0.05) is 23.7 Å². The summed E-state index contributed by atoms with van der Waals surface area (Å²) in [7, 11) is 0. The van der Waals surface area contributed by atoms with Crippen LogP contribution < -0.4 is 16.6 Å². The van der Waals surface area contributed by atoms with E-state index in [4.69, 9.17) is 17.3 Å². The average molecular weight is 411 g/mol. The van der Waals surface area contributed by atoms with E-state index in [0.29, 0.717) is 35.8 Å². The molecule has 0 unspecified atom stereocenters. The number of hydrogen-bond acceptors (Lipinski definition) is 4. The summed E-state index contributed by atoms with van der Waals surface area (Å²) in [6, 6.07) is 15.0. The Hall–Kier alpha value is -2.96. The number of nitrogens with zero attached hydrogens (tertiary/aromatic N) is 2. The van der Waals surface area contributed by atoms with Gasteiger partial charge >= 0.3 is 0 Å². The van der Waals surface area contributed by atoms with Crippen LogP contribution in [0.5, 0.6) is 0 Å². The summed E-state index contributed by atoms with van der Waals surface area (Å²) in [5.74, 6) is -0.245. The van der Waals surface area contributed by atoms with E-state index in [1.807, 2.05) is 36.4 Å². The summed E-state index contributed by atoms with van der Waals surface area (Å²) in [6.45, 7) is 2.80. The molecule has 29 heavy (non-hydrogen) atoms. The van der Waals surface area contributed by atoms with Crippen molar-refractivity contribution >= 4 is 17.5 Å². The molecule has 2 aromatic carbocycles. The van der Waals surface area contributed by atoms with Crippen LogP contribution in [0.1, 0.15) is 27.8 Å². The van der Waals surface area contributed by atoms with Gasteiger partial charge in [-0.25, -0.2) is 4.68 Å². The SMILES string of the molecule is Cc1cnn(Cc2ccccc2)c(=O)c1CC(=O)NCc1cc(Cl)ccc1CN. The summed E-state index contributed by atoms with van der Waals surface area (Å²) < 4.78 is 1.38. The Morgan fingerprint density at radius 1 is 1.17 bits per heavy atom. The number of hydrogen-bond donors (Lipinski definition) is 2. The van der Waals surface area contributed by atoms with Gasteiger partial charge in [-0.2, -0.15) is 5.10 Å². The molecular formula is C22H23ClN4O2. The summed E-state index contributed by atoms with van der Waals surface area (Å²) in [4.78, 5) is 25.3. The van der Waals surface area contributed by atoms with E-state index in [-0.39, 0.29) is 17.9 Å². The van der Waals surface area contributed by atoms with Gasteiger partial charge in [0.25, 0.3) is 5.56 Å². The van der Waals surface area contributed by atoms with Crippen LogP contribution in [0.2, 0.25) is 5.02 Å². The van der Waals surface area contributed by atoms with Crippen molar-refractivity contribution in [3.8, 4) is 0 Å². The van der Waals surface area contributed by atoms with Gasteiger partial charge in [-0.1, -0.05) is 48.0 Å². The van der Waals surface area contributed by atoms with Crippen LogP contribution in [0.15, 0.2) is 59.5 Å². The van der Waals surface area contributed by atoms with Crippen molar-refractivity contribution in [2.75, 3.05) is 0 Å². The van der Waals surface area contributed by atoms with E-state index in [9.17, 15) is 9.59 Å². The third-order valence-electron chi connectivity index (χ3n) is 4.74. The average Bonchev–Trinajstić information content (AvgIpc) is 2.72. The van der Waals surface area contributed by atoms with Gasteiger partial charge in [-0.15, -0.1) is 0 Å². The van der Waals surface area contributed by atoms with E-state index in [0.717, 1.165) is 16.7 Å². The van der Waals surface area contributed by atoms with E-state index < -0.39 is 0 Å². The minimum atomic E-state index is -0.255. The number of carbonyl (C=O) groups is 1. The lowest BCUT2D eigenvalue weighted by Crippen LogP contribution is -2.32. The number of carbonyl (C=O) groups excluding carboxylic acids is 1. The van der Waals surface area contributed by atoms with Crippen molar-refractivity contribution in [3.63, 3.8) is 0 Å². The molecule has 0 saturated heterocycles. The molecule has 1 amide bonds. The second-order valence-electron chi connectivity index (χ2n) is 6.83. The molecule has 7 heteroatoms. The van der Waals surface area contributed by atoms with Crippen molar-refractivity contribution in [2.24, 2.45) is 5.73 Å². The van der Waals surface area contributed by atoms with E-state index in [1.165, 1.54) is 4.68 Å². The molecule has 0 saturated carbocycles. The van der Waals surface area contributed by atoms with Crippen LogP contribution in [-0.2, 0) is 30.8 Å². The van der Waals surface area contributed by atoms with Crippen LogP contribution in [0.3, 0.4) is 0 Å². The second kappa shape index (κ2) is 9.49. The lowest BCUT2D eigenvalue weighted by atomic mass is 10.1. The molecule has 1 heterocycles. The van der Waals surface area contributed by atoms with Gasteiger partial charge in [-0.3, -0.25) is 9.59 Å². The monoisotopic (exact) mass is 410 g/mol. The minimum Gasteiger partial charge on any atom is -0.352 e. The smallest absolute Gasteiger partial charge is 0.271 e. The Morgan fingerprint density at radius 3 is 2.66 bits per heavy atom. The van der Waals surface area contributed by atoms with E-state index >= 15 is 0 Å². The molecule has 0 aliphatic carbocycles. The van der Waals surface area contributed by atoms with Gasteiger partial charge in [-0.05, 0) is 41.3 Å². The number of aromatic nitrogens is 2. The van der Waals surface area contributed by atoms with Gasteiger partial charge in [0.05, 0.1) is 19.2 Å². The maximum atomic E-state index is 12.8. The fraction of sp³-hybridized carbons (Fsp3) is 0.227. The molecule has 3 rings (SSSR count). The van der Waals surface area contributed by atoms with Crippen molar-refractivity contribution < 1.29 is 4.79 Å². The maximum Gasteiger partial charge on any atom is 0.271 e. The van der Waals surface area contributed by atoms with Crippen LogP contribution in [-0.4, -0.2) is 15.7 Å². The summed E-state index contributed by atoms with van der Waals surface area (Å²) >= 11 is 6.04. The maximum absolute atomic E-state index is 12.8. The first-order valence-electron chi connectivity index (χ1n) is 9.31. The first-order valence-corrected chi connectivity index (χ1v) is 9.69. The molecule has 0 atom stereocenters. The largest absolute Gasteiger partial charge is 0.352 e. The Balaban J connectivity index is 1.72. The van der Waals surface area contributed by atoms with Gasteiger partial charge in [0.1, 0.15) is 0 Å². The van der Waals surface area contributed by atoms with Crippen LogP contribution in [0.25, 0.3) is 0 Å². The fourth-order valence-corrected chi connectivity index (χ4v) is 3.26. The molecule has 6 nitrogen and oxygen atoms in total. The van der Waals surface area contributed by atoms with E-state index in [1.54, 1.807) is 25.3 Å². The Morgan fingerprint density at radius 2 is 1.93 bits per heavy atom. The number of benzene rings is 2. The summed E-state index contributed by atoms with van der Waals surface area (Å²) in [6.07, 6.45) is 1.61. The third kappa shape index (κ3) is 5.31. The highest BCUT2D eigenvalue weighted by Gasteiger charge is 2.14. The predicted octanol–water partition coefficient (Wildman–Crippen LogP) is 2.57. The zero-order valence-electron chi connectivity index (χ0n) is 16.2. The molecule has 0 aliphatic heterocycles. The number of aryl methyl sites for hydroxylation is 1. The topological polar surface area (TPSA) is 90.0 Å². The molecule has 0 aliphatic rings. The van der Waals surface area contributed by atoms with Crippen molar-refractivity contribution in [3.05, 3.63) is 97.9 Å². The van der Waals surface area contributed by atoms with Crippen LogP contribution in [0.4, 0.5) is 0 Å². The fourth-order valence-electron chi connectivity index (χ4n) is 3.07. The van der Waals surface area contributed by atoms with Gasteiger partial charge < -0.3 is 11.1 Å². The van der Waals surface area contributed by atoms with Crippen LogP contribution in [0, 0.1) is 6.92 Å². The minimum absolute atomic E-state index is 0.0134. The molecule has 1 aromatic heterocycles. The number of nitrogens with two attached hydrogens (primary N) is 1. The molecule has 0 radical (unpaired) electrons. The number of amides is 1. The van der Waals surface area contributed by atoms with Crippen LogP contribution >= 0.6 is 11.6 Å². The zero-order chi connectivity index (χ0) is 20.8. The van der Waals surface area contributed by atoms with Gasteiger partial charge in [0.15, 0.2) is 0 Å². The highest BCUT2D eigenvalue weighted by molar-refractivity contribution is 6.30. The summed E-state index contributed by atoms with van der Waals surface area (Å²) in [5.41, 5.74) is 9.37. The van der Waals surface area contributed by atoms with Crippen molar-refractivity contribution in [1.29, 1.82) is 0 Å². The lowest BCUT2D eigenvalue weighted by Gasteiger charge is -2.12. The predicted molar refractivity (Wildman–Crippen MR) is 114 cm³/mol. The first kappa shape index (κ1) is 20.8. The van der Waals surface area contributed by atoms with Gasteiger partial charge in [0.2, 0.25) is 5.91 Å². The normalized spacial score (nSPS) is 10.7. The number of nitrogens with one attached hydrogen (secondary N) is 1. The Kier molecular flexibility index (Phi) is 6.80. The van der Waals surface area contributed by atoms with Crippen molar-refractivity contribution in [1.82, 2.24) is 15.1 Å². The number of rotatable bonds is 7. The zero-order valence-corrected chi connectivity index (χ0v) is 16.9. The second-order valence-corrected chi connectivity index (χ2v) is 7.26. The highest BCUT2D eigenvalue weighted by atomic mass is 35.5. The molecule has 0 fully saturated rings. The molecule has 150 valence electrons. The molecule has 3 N–H and O–H groups in total. The standard InChI is InChI=1S/C22H23ClN4O2/c1-15-12-26-27(14-16-5-3-2-4-6-16)22(29)20(15)10-21(28)25-13-18-9-19(23)8-7-17(18)11-24/h2-9,12H,10-11,13-14,24H2,1H3,(H,25,28). The third-order valence-corrected chi connectivity index (χ3v) is 4.97. The Labute approximate surface area is 174 Å². The molecular weight excluding hydrogens is 388 g/mol. The summed E-state index contributed by atoms with van der Waals surface area (Å²) in [5, 5.41) is 7.65. The van der Waals surface area contributed by atoms with Crippen molar-refractivity contribution in [2.45, 2.75) is 33.0 Å². The quantitative estimate of drug-likeness (QED) is 0.626. The molecule has 0 bridgehead atoms. The number of halogens is 1. The molecule has 3 aromatic rings. The Bertz CT molecular complexity index is 1060. The molecule has 0 spiro atoms. The highest BCUT2D eigenvalue weighted by Crippen LogP contribution is 2.16. The van der Waals surface area contributed by atoms with E-state index in [2.05, 4.69) is 10.4 Å². The first-order chi connectivity index (χ1) is 14.0.